The molecule has 4 aromatic rings. The van der Waals surface area contributed by atoms with Crippen LogP contribution in [0.15, 0.2) is 27.7 Å². The van der Waals surface area contributed by atoms with Crippen molar-refractivity contribution in [3.8, 4) is 22.9 Å². The van der Waals surface area contributed by atoms with E-state index in [0.717, 1.165) is 12.3 Å². The molecule has 0 spiro atoms. The van der Waals surface area contributed by atoms with Crippen LogP contribution < -0.4 is 4.73 Å². The van der Waals surface area contributed by atoms with Crippen molar-refractivity contribution < 1.29 is 30.8 Å². The van der Waals surface area contributed by atoms with Crippen LogP contribution in [0.5, 0.6) is 0 Å². The normalized spacial score (nSPS) is 15.6. The Kier molecular flexibility index (Phi) is 4.92. The minimum absolute atomic E-state index is 0.00145. The molecule has 1 fully saturated rings. The third-order valence-corrected chi connectivity index (χ3v) is 7.49. The first-order chi connectivity index (χ1) is 16.3. The number of imidazole rings is 1. The van der Waals surface area contributed by atoms with Gasteiger partial charge < -0.3 is 14.3 Å². The average molecular weight is 509 g/mol. The predicted molar refractivity (Wildman–Crippen MR) is 113 cm³/mol. The number of rotatable bonds is 6. The summed E-state index contributed by atoms with van der Waals surface area (Å²) in [6.07, 6.45) is 1.46. The number of aryl methyl sites for hydroxylation is 1. The highest BCUT2D eigenvalue weighted by atomic mass is 32.2. The summed E-state index contributed by atoms with van der Waals surface area (Å²) in [4.78, 5) is 7.80. The molecular weight excluding hydrogens is 491 g/mol. The molecule has 0 aliphatic heterocycles. The molecule has 0 N–H and O–H groups in total. The lowest BCUT2D eigenvalue weighted by molar-refractivity contribution is -0.595. The van der Waals surface area contributed by atoms with Gasteiger partial charge in [-0.2, -0.15) is 18.5 Å². The smallest absolute Gasteiger partial charge is 0.288 e. The summed E-state index contributed by atoms with van der Waals surface area (Å²) >= 11 is 0. The van der Waals surface area contributed by atoms with Crippen LogP contribution in [0.1, 0.15) is 38.3 Å². The molecule has 0 aromatic carbocycles. The minimum Gasteiger partial charge on any atom is -0.618 e. The molecule has 5 rings (SSSR count). The van der Waals surface area contributed by atoms with Gasteiger partial charge >= 0.3 is 0 Å². The molecule has 0 amide bonds. The summed E-state index contributed by atoms with van der Waals surface area (Å²) in [6.45, 7) is 2.05. The van der Waals surface area contributed by atoms with Crippen LogP contribution >= 0.6 is 0 Å². The number of sulfone groups is 1. The summed E-state index contributed by atoms with van der Waals surface area (Å²) < 4.78 is 74.2. The highest BCUT2D eigenvalue weighted by molar-refractivity contribution is 7.91. The second-order valence-corrected chi connectivity index (χ2v) is 10.6. The molecule has 0 unspecified atom stereocenters. The van der Waals surface area contributed by atoms with Gasteiger partial charge in [0.05, 0.1) is 11.3 Å². The molecule has 0 bridgehead atoms. The fourth-order valence-corrected chi connectivity index (χ4v) is 4.62. The number of hydrogen-bond donors (Lipinski definition) is 0. The first-order valence-electron chi connectivity index (χ1n) is 10.5. The average Bonchev–Trinajstić information content (AvgIpc) is 3.21. The zero-order valence-corrected chi connectivity index (χ0v) is 19.5. The van der Waals surface area contributed by atoms with E-state index in [1.165, 1.54) is 24.6 Å². The molecule has 4 aromatic heterocycles. The Labute approximate surface area is 196 Å². The Morgan fingerprint density at radius 3 is 2.60 bits per heavy atom. The number of aromatic nitrogens is 7. The highest BCUT2D eigenvalue weighted by Crippen LogP contribution is 2.49. The van der Waals surface area contributed by atoms with Crippen molar-refractivity contribution in [2.45, 2.75) is 43.2 Å². The second kappa shape index (κ2) is 7.44. The summed E-state index contributed by atoms with van der Waals surface area (Å²) in [5.74, 6) is -4.17. The van der Waals surface area contributed by atoms with Crippen molar-refractivity contribution in [1.29, 1.82) is 0 Å². The van der Waals surface area contributed by atoms with Gasteiger partial charge in [0, 0.05) is 14.0 Å². The van der Waals surface area contributed by atoms with Crippen molar-refractivity contribution >= 4 is 21.0 Å². The van der Waals surface area contributed by atoms with Crippen molar-refractivity contribution in [2.75, 3.05) is 5.75 Å². The molecule has 35 heavy (non-hydrogen) atoms. The maximum absolute atomic E-state index is 14.3. The Balaban J connectivity index is 1.71. The Hall–Kier alpha value is -3.62. The van der Waals surface area contributed by atoms with Crippen molar-refractivity contribution in [3.63, 3.8) is 0 Å². The third kappa shape index (κ3) is 3.79. The summed E-state index contributed by atoms with van der Waals surface area (Å²) in [5, 5.41) is 24.1. The number of halogens is 3. The zero-order valence-electron chi connectivity index (χ0n) is 18.7. The van der Waals surface area contributed by atoms with E-state index in [1.54, 1.807) is 0 Å². The SMILES string of the molecule is CCS(=O)(=O)c1cc(-c2noc(C3(F)CC3)n2)c[n+]([O-])c1-c1nc2cc(C(C)(F)F)nnc2n1C. The van der Waals surface area contributed by atoms with Gasteiger partial charge in [-0.05, 0) is 25.0 Å². The highest BCUT2D eigenvalue weighted by Gasteiger charge is 2.50. The monoisotopic (exact) mass is 509 g/mol. The van der Waals surface area contributed by atoms with E-state index < -0.39 is 32.0 Å². The van der Waals surface area contributed by atoms with Crippen LogP contribution in [0, 0.1) is 5.21 Å². The van der Waals surface area contributed by atoms with Crippen LogP contribution in [-0.2, 0) is 28.5 Å². The molecular formula is C20H18F3N7O4S. The van der Waals surface area contributed by atoms with Gasteiger partial charge in [0.2, 0.25) is 11.6 Å². The Bertz CT molecular complexity index is 1590. The predicted octanol–water partition coefficient (Wildman–Crippen LogP) is 2.58. The number of nitrogens with zero attached hydrogens (tertiary/aromatic N) is 7. The molecule has 0 atom stereocenters. The maximum atomic E-state index is 14.3. The summed E-state index contributed by atoms with van der Waals surface area (Å²) in [6, 6.07) is 2.19. The Morgan fingerprint density at radius 1 is 1.26 bits per heavy atom. The van der Waals surface area contributed by atoms with E-state index in [2.05, 4.69) is 25.3 Å². The van der Waals surface area contributed by atoms with Crippen LogP contribution in [0.25, 0.3) is 34.1 Å². The van der Waals surface area contributed by atoms with Crippen LogP contribution in [0.2, 0.25) is 0 Å². The fourth-order valence-electron chi connectivity index (χ4n) is 3.53. The van der Waals surface area contributed by atoms with E-state index >= 15 is 0 Å². The van der Waals surface area contributed by atoms with E-state index in [9.17, 15) is 26.8 Å². The first-order valence-corrected chi connectivity index (χ1v) is 12.1. The molecule has 0 radical (unpaired) electrons. The fraction of sp³-hybridized carbons (Fsp3) is 0.400. The van der Waals surface area contributed by atoms with Gasteiger partial charge in [-0.15, -0.1) is 10.2 Å². The van der Waals surface area contributed by atoms with E-state index in [0.29, 0.717) is 6.92 Å². The van der Waals surface area contributed by atoms with E-state index in [4.69, 9.17) is 4.52 Å². The van der Waals surface area contributed by atoms with Gasteiger partial charge in [0.15, 0.2) is 27.4 Å². The standard InChI is InChI=1S/C20H18F3N7O4S/c1-4-35(32,33)12-7-10(15-25-18(34-28-15)20(23)5-6-20)9-30(31)14(12)17-24-11-8-13(19(2,21)22)26-27-16(11)29(17)3/h7-9H,4-6H2,1-3H3. The van der Waals surface area contributed by atoms with Gasteiger partial charge in [0.25, 0.3) is 17.5 Å². The molecule has 11 nitrogen and oxygen atoms in total. The second-order valence-electron chi connectivity index (χ2n) is 8.38. The van der Waals surface area contributed by atoms with E-state index in [-0.39, 0.29) is 63.3 Å². The van der Waals surface area contributed by atoms with Gasteiger partial charge in [-0.25, -0.2) is 17.8 Å². The number of alkyl halides is 3. The lowest BCUT2D eigenvalue weighted by atomic mass is 10.2. The quantitative estimate of drug-likeness (QED) is 0.283. The number of pyridine rings is 1. The van der Waals surface area contributed by atoms with Gasteiger partial charge in [-0.3, -0.25) is 0 Å². The number of hydrogen-bond acceptors (Lipinski definition) is 9. The molecule has 184 valence electrons. The van der Waals surface area contributed by atoms with Crippen molar-refractivity contribution in [2.24, 2.45) is 7.05 Å². The zero-order chi connectivity index (χ0) is 25.3. The maximum Gasteiger partial charge on any atom is 0.288 e. The van der Waals surface area contributed by atoms with Crippen LogP contribution in [-0.4, -0.2) is 44.1 Å². The summed E-state index contributed by atoms with van der Waals surface area (Å²) in [5.41, 5.74) is -2.64. The van der Waals surface area contributed by atoms with E-state index in [1.807, 2.05) is 0 Å². The lowest BCUT2D eigenvalue weighted by Gasteiger charge is -2.11. The molecule has 1 aliphatic carbocycles. The molecule has 4 heterocycles. The van der Waals surface area contributed by atoms with Gasteiger partial charge in [0.1, 0.15) is 16.1 Å². The van der Waals surface area contributed by atoms with Crippen molar-refractivity contribution in [1.82, 2.24) is 29.9 Å². The third-order valence-electron chi connectivity index (χ3n) is 5.75. The lowest BCUT2D eigenvalue weighted by Crippen LogP contribution is -2.32. The van der Waals surface area contributed by atoms with Gasteiger partial charge in [-0.1, -0.05) is 12.1 Å². The first kappa shape index (κ1) is 23.1. The number of fused-ring (bicyclic) bond motifs is 1. The van der Waals surface area contributed by atoms with Crippen molar-refractivity contribution in [3.05, 3.63) is 35.1 Å². The Morgan fingerprint density at radius 2 is 1.97 bits per heavy atom. The van der Waals surface area contributed by atoms with Crippen LogP contribution in [0.4, 0.5) is 13.2 Å². The molecule has 1 saturated carbocycles. The minimum atomic E-state index is -4.02. The largest absolute Gasteiger partial charge is 0.618 e. The topological polar surface area (TPSA) is 144 Å². The molecule has 0 saturated heterocycles. The summed E-state index contributed by atoms with van der Waals surface area (Å²) in [7, 11) is -2.57. The molecule has 15 heteroatoms. The van der Waals surface area contributed by atoms with Crippen LogP contribution in [0.3, 0.4) is 0 Å². The molecule has 1 aliphatic rings.